The standard InChI is InChI=1S/C18H22N4O2/c1-12-6-8-19-10-14(12)16(23)22-9-3-7-18(2,11-22)17-20-15(24-21-17)13-4-5-13/h6,8,10,13H,3-5,7,9,11H2,1-2H3. The number of hydrogen-bond acceptors (Lipinski definition) is 5. The van der Waals surface area contributed by atoms with Crippen LogP contribution in [0.25, 0.3) is 0 Å². The van der Waals surface area contributed by atoms with Gasteiger partial charge < -0.3 is 9.42 Å². The normalized spacial score (nSPS) is 24.2. The molecule has 24 heavy (non-hydrogen) atoms. The monoisotopic (exact) mass is 326 g/mol. The Bertz CT molecular complexity index is 768. The molecule has 3 heterocycles. The molecule has 2 aliphatic rings. The lowest BCUT2D eigenvalue weighted by atomic mass is 9.81. The highest BCUT2D eigenvalue weighted by Gasteiger charge is 2.40. The zero-order chi connectivity index (χ0) is 16.7. The fourth-order valence-corrected chi connectivity index (χ4v) is 3.43. The minimum Gasteiger partial charge on any atom is -0.339 e. The van der Waals surface area contributed by atoms with Crippen molar-refractivity contribution >= 4 is 5.91 Å². The van der Waals surface area contributed by atoms with Gasteiger partial charge in [-0.1, -0.05) is 12.1 Å². The zero-order valence-corrected chi connectivity index (χ0v) is 14.2. The van der Waals surface area contributed by atoms with Crippen LogP contribution in [0.3, 0.4) is 0 Å². The second-order valence-corrected chi connectivity index (χ2v) is 7.31. The van der Waals surface area contributed by atoms with E-state index < -0.39 is 0 Å². The average Bonchev–Trinajstić information content (AvgIpc) is 3.31. The summed E-state index contributed by atoms with van der Waals surface area (Å²) in [6.45, 7) is 5.45. The fourth-order valence-electron chi connectivity index (χ4n) is 3.43. The molecule has 1 unspecified atom stereocenters. The maximum Gasteiger partial charge on any atom is 0.255 e. The minimum atomic E-state index is -0.249. The first kappa shape index (κ1) is 15.3. The first-order valence-corrected chi connectivity index (χ1v) is 8.61. The second-order valence-electron chi connectivity index (χ2n) is 7.31. The highest BCUT2D eigenvalue weighted by atomic mass is 16.5. The quantitative estimate of drug-likeness (QED) is 0.867. The predicted octanol–water partition coefficient (Wildman–Crippen LogP) is 2.84. The van der Waals surface area contributed by atoms with Crippen molar-refractivity contribution in [1.29, 1.82) is 0 Å². The second kappa shape index (κ2) is 5.69. The van der Waals surface area contributed by atoms with E-state index in [1.54, 1.807) is 12.4 Å². The van der Waals surface area contributed by atoms with Crippen LogP contribution in [0, 0.1) is 6.92 Å². The Labute approximate surface area is 141 Å². The largest absolute Gasteiger partial charge is 0.339 e. The van der Waals surface area contributed by atoms with Gasteiger partial charge in [0.25, 0.3) is 5.91 Å². The Morgan fingerprint density at radius 1 is 1.42 bits per heavy atom. The van der Waals surface area contributed by atoms with Gasteiger partial charge in [-0.25, -0.2) is 0 Å². The lowest BCUT2D eigenvalue weighted by Crippen LogP contribution is -2.47. The molecule has 2 fully saturated rings. The van der Waals surface area contributed by atoms with Crippen molar-refractivity contribution in [3.05, 3.63) is 41.3 Å². The van der Waals surface area contributed by atoms with E-state index >= 15 is 0 Å². The van der Waals surface area contributed by atoms with Gasteiger partial charge in [-0.15, -0.1) is 0 Å². The van der Waals surface area contributed by atoms with Crippen LogP contribution < -0.4 is 0 Å². The van der Waals surface area contributed by atoms with Crippen LogP contribution in [0.4, 0.5) is 0 Å². The van der Waals surface area contributed by atoms with Gasteiger partial charge in [-0.3, -0.25) is 9.78 Å². The van der Waals surface area contributed by atoms with E-state index in [2.05, 4.69) is 22.0 Å². The van der Waals surface area contributed by atoms with Crippen LogP contribution in [-0.4, -0.2) is 39.0 Å². The molecule has 6 heteroatoms. The van der Waals surface area contributed by atoms with Crippen molar-refractivity contribution in [2.24, 2.45) is 0 Å². The molecule has 2 aromatic heterocycles. The average molecular weight is 326 g/mol. The molecule has 1 amide bonds. The number of pyridine rings is 1. The minimum absolute atomic E-state index is 0.0393. The molecule has 1 saturated carbocycles. The molecule has 2 aromatic rings. The van der Waals surface area contributed by atoms with Crippen molar-refractivity contribution < 1.29 is 9.32 Å². The van der Waals surface area contributed by atoms with E-state index in [0.29, 0.717) is 18.0 Å². The zero-order valence-electron chi connectivity index (χ0n) is 14.2. The molecule has 1 saturated heterocycles. The summed E-state index contributed by atoms with van der Waals surface area (Å²) in [5.74, 6) is 1.99. The summed E-state index contributed by atoms with van der Waals surface area (Å²) in [6.07, 6.45) is 7.56. The molecule has 0 aromatic carbocycles. The molecular weight excluding hydrogens is 304 g/mol. The first-order chi connectivity index (χ1) is 11.6. The van der Waals surface area contributed by atoms with E-state index in [-0.39, 0.29) is 11.3 Å². The number of piperidine rings is 1. The number of likely N-dealkylation sites (tertiary alicyclic amines) is 1. The maximum atomic E-state index is 12.9. The topological polar surface area (TPSA) is 72.1 Å². The predicted molar refractivity (Wildman–Crippen MR) is 87.7 cm³/mol. The smallest absolute Gasteiger partial charge is 0.255 e. The van der Waals surface area contributed by atoms with Gasteiger partial charge in [0.15, 0.2) is 5.82 Å². The van der Waals surface area contributed by atoms with E-state index in [4.69, 9.17) is 4.52 Å². The first-order valence-electron chi connectivity index (χ1n) is 8.61. The van der Waals surface area contributed by atoms with Crippen molar-refractivity contribution in [2.45, 2.75) is 50.9 Å². The molecule has 6 nitrogen and oxygen atoms in total. The molecule has 1 aliphatic carbocycles. The van der Waals surface area contributed by atoms with Crippen LogP contribution >= 0.6 is 0 Å². The molecule has 4 rings (SSSR count). The maximum absolute atomic E-state index is 12.9. The molecule has 1 aliphatic heterocycles. The molecular formula is C18H22N4O2. The number of aromatic nitrogens is 3. The number of amides is 1. The summed E-state index contributed by atoms with van der Waals surface area (Å²) in [6, 6.07) is 1.87. The molecule has 0 N–H and O–H groups in total. The number of aryl methyl sites for hydroxylation is 1. The SMILES string of the molecule is Cc1ccncc1C(=O)N1CCCC(C)(c2noc(C3CC3)n2)C1. The van der Waals surface area contributed by atoms with Crippen molar-refractivity contribution in [3.63, 3.8) is 0 Å². The summed E-state index contributed by atoms with van der Waals surface area (Å²) < 4.78 is 5.43. The molecule has 1 atom stereocenters. The Hall–Kier alpha value is -2.24. The third kappa shape index (κ3) is 2.70. The van der Waals surface area contributed by atoms with Gasteiger partial charge in [-0.2, -0.15) is 4.98 Å². The van der Waals surface area contributed by atoms with Crippen LogP contribution in [0.5, 0.6) is 0 Å². The van der Waals surface area contributed by atoms with Crippen LogP contribution in [0.15, 0.2) is 23.0 Å². The van der Waals surface area contributed by atoms with Crippen molar-refractivity contribution in [3.8, 4) is 0 Å². The Balaban J connectivity index is 1.56. The number of carbonyl (C=O) groups is 1. The summed E-state index contributed by atoms with van der Waals surface area (Å²) >= 11 is 0. The Kier molecular flexibility index (Phi) is 3.62. The van der Waals surface area contributed by atoms with Crippen LogP contribution in [0.1, 0.15) is 66.2 Å². The highest BCUT2D eigenvalue weighted by molar-refractivity contribution is 5.95. The van der Waals surface area contributed by atoms with Gasteiger partial charge in [0.05, 0.1) is 5.56 Å². The van der Waals surface area contributed by atoms with Crippen LogP contribution in [-0.2, 0) is 5.41 Å². The third-order valence-electron chi connectivity index (χ3n) is 5.16. The number of carbonyl (C=O) groups excluding carboxylic acids is 1. The summed E-state index contributed by atoms with van der Waals surface area (Å²) in [5.41, 5.74) is 1.38. The lowest BCUT2D eigenvalue weighted by molar-refractivity contribution is 0.0640. The summed E-state index contributed by atoms with van der Waals surface area (Å²) in [5, 5.41) is 4.22. The van der Waals surface area contributed by atoms with Gasteiger partial charge in [-0.05, 0) is 44.2 Å². The van der Waals surface area contributed by atoms with E-state index in [1.807, 2.05) is 17.9 Å². The summed E-state index contributed by atoms with van der Waals surface area (Å²) in [7, 11) is 0. The Morgan fingerprint density at radius 3 is 3.00 bits per heavy atom. The number of rotatable bonds is 3. The molecule has 0 bridgehead atoms. The van der Waals surface area contributed by atoms with Crippen LogP contribution in [0.2, 0.25) is 0 Å². The van der Waals surface area contributed by atoms with Crippen molar-refractivity contribution in [2.75, 3.05) is 13.1 Å². The molecule has 0 radical (unpaired) electrons. The summed E-state index contributed by atoms with van der Waals surface area (Å²) in [4.78, 5) is 23.5. The van der Waals surface area contributed by atoms with E-state index in [9.17, 15) is 4.79 Å². The number of nitrogens with zero attached hydrogens (tertiary/aromatic N) is 4. The lowest BCUT2D eigenvalue weighted by Gasteiger charge is -2.38. The molecule has 0 spiro atoms. The Morgan fingerprint density at radius 2 is 2.25 bits per heavy atom. The third-order valence-corrected chi connectivity index (χ3v) is 5.16. The van der Waals surface area contributed by atoms with Gasteiger partial charge in [0.2, 0.25) is 5.89 Å². The van der Waals surface area contributed by atoms with E-state index in [0.717, 1.165) is 49.5 Å². The van der Waals surface area contributed by atoms with Gasteiger partial charge in [0.1, 0.15) is 0 Å². The molecule has 126 valence electrons. The van der Waals surface area contributed by atoms with Gasteiger partial charge in [0, 0.05) is 36.8 Å². The highest BCUT2D eigenvalue weighted by Crippen LogP contribution is 2.40. The van der Waals surface area contributed by atoms with E-state index in [1.165, 1.54) is 0 Å². The van der Waals surface area contributed by atoms with Crippen molar-refractivity contribution in [1.82, 2.24) is 20.0 Å². The van der Waals surface area contributed by atoms with Gasteiger partial charge >= 0.3 is 0 Å². The number of hydrogen-bond donors (Lipinski definition) is 0. The fraction of sp³-hybridized carbons (Fsp3) is 0.556.